The van der Waals surface area contributed by atoms with Crippen molar-refractivity contribution in [1.82, 2.24) is 9.88 Å². The van der Waals surface area contributed by atoms with Gasteiger partial charge in [-0.25, -0.2) is 0 Å². The molecule has 0 aliphatic carbocycles. The van der Waals surface area contributed by atoms with E-state index in [1.807, 2.05) is 0 Å². The average Bonchev–Trinajstić information content (AvgIpc) is 2.83. The number of H-pyrrole nitrogens is 1. The van der Waals surface area contributed by atoms with Crippen LogP contribution in [0.5, 0.6) is 0 Å². The van der Waals surface area contributed by atoms with E-state index in [1.54, 1.807) is 0 Å². The van der Waals surface area contributed by atoms with Crippen LogP contribution in [0.25, 0.3) is 10.9 Å². The van der Waals surface area contributed by atoms with Crippen molar-refractivity contribution in [3.8, 4) is 0 Å². The lowest BCUT2D eigenvalue weighted by atomic mass is 10.1. The molecule has 1 fully saturated rings. The van der Waals surface area contributed by atoms with Crippen LogP contribution in [0.2, 0.25) is 0 Å². The number of rotatable bonds is 3. The maximum Gasteiger partial charge on any atom is 0.0634 e. The third kappa shape index (κ3) is 2.14. The number of aromatic amines is 1. The second-order valence-corrected chi connectivity index (χ2v) is 4.79. The van der Waals surface area contributed by atoms with Crippen LogP contribution in [-0.2, 0) is 11.3 Å². The van der Waals surface area contributed by atoms with Crippen molar-refractivity contribution in [2.24, 2.45) is 5.73 Å². The molecule has 0 saturated carbocycles. The van der Waals surface area contributed by atoms with Crippen molar-refractivity contribution < 1.29 is 4.74 Å². The van der Waals surface area contributed by atoms with Crippen LogP contribution in [0.3, 0.4) is 0 Å². The van der Waals surface area contributed by atoms with Gasteiger partial charge in [-0.15, -0.1) is 0 Å². The van der Waals surface area contributed by atoms with Gasteiger partial charge in [0.25, 0.3) is 0 Å². The van der Waals surface area contributed by atoms with E-state index in [1.165, 1.54) is 16.5 Å². The molecule has 1 aromatic heterocycles. The molecule has 0 spiro atoms. The van der Waals surface area contributed by atoms with Crippen molar-refractivity contribution in [2.75, 3.05) is 26.3 Å². The number of nitrogens with one attached hydrogen (secondary N) is 1. The first-order valence-electron chi connectivity index (χ1n) is 6.45. The minimum Gasteiger partial charge on any atom is -0.378 e. The average molecular weight is 245 g/mol. The third-order valence-corrected chi connectivity index (χ3v) is 3.67. The number of nitrogens with two attached hydrogens (primary N) is 1. The number of nitrogens with zero attached hydrogens (tertiary/aromatic N) is 1. The van der Waals surface area contributed by atoms with Gasteiger partial charge in [0.1, 0.15) is 0 Å². The van der Waals surface area contributed by atoms with E-state index in [0.717, 1.165) is 26.3 Å². The van der Waals surface area contributed by atoms with Crippen LogP contribution in [-0.4, -0.2) is 42.2 Å². The van der Waals surface area contributed by atoms with Gasteiger partial charge in [0.2, 0.25) is 0 Å². The molecule has 4 heteroatoms. The Morgan fingerprint density at radius 3 is 3.17 bits per heavy atom. The smallest absolute Gasteiger partial charge is 0.0634 e. The summed E-state index contributed by atoms with van der Waals surface area (Å²) in [6.45, 7) is 4.11. The Kier molecular flexibility index (Phi) is 3.32. The van der Waals surface area contributed by atoms with E-state index in [2.05, 4.69) is 40.3 Å². The molecule has 3 N–H and O–H groups in total. The van der Waals surface area contributed by atoms with Crippen molar-refractivity contribution in [2.45, 2.75) is 12.6 Å². The lowest BCUT2D eigenvalue weighted by Crippen LogP contribution is -2.48. The van der Waals surface area contributed by atoms with Gasteiger partial charge in [0, 0.05) is 42.8 Å². The molecule has 4 nitrogen and oxygen atoms in total. The van der Waals surface area contributed by atoms with Crippen molar-refractivity contribution in [3.63, 3.8) is 0 Å². The number of aromatic nitrogens is 1. The molecule has 0 radical (unpaired) electrons. The number of hydrogen-bond donors (Lipinski definition) is 2. The Labute approximate surface area is 107 Å². The molecule has 2 aromatic rings. The van der Waals surface area contributed by atoms with Gasteiger partial charge in [0.05, 0.1) is 13.2 Å². The molecule has 0 amide bonds. The molecule has 1 aromatic carbocycles. The Hall–Kier alpha value is -1.36. The molecule has 18 heavy (non-hydrogen) atoms. The van der Waals surface area contributed by atoms with Crippen molar-refractivity contribution in [3.05, 3.63) is 36.0 Å². The fraction of sp³-hybridized carbons (Fsp3) is 0.429. The van der Waals surface area contributed by atoms with E-state index < -0.39 is 0 Å². The molecule has 1 aliphatic rings. The summed E-state index contributed by atoms with van der Waals surface area (Å²) in [7, 11) is 0. The van der Waals surface area contributed by atoms with E-state index in [9.17, 15) is 0 Å². The van der Waals surface area contributed by atoms with Gasteiger partial charge in [-0.05, 0) is 11.6 Å². The van der Waals surface area contributed by atoms with Crippen LogP contribution in [0.1, 0.15) is 5.56 Å². The molecule has 1 unspecified atom stereocenters. The van der Waals surface area contributed by atoms with Crippen molar-refractivity contribution >= 4 is 10.9 Å². The number of para-hydroxylation sites is 1. The SMILES string of the molecule is NCC1COCCN1Cc1c[nH]c2ccccc12. The van der Waals surface area contributed by atoms with Crippen LogP contribution in [0, 0.1) is 0 Å². The molecule has 1 aliphatic heterocycles. The summed E-state index contributed by atoms with van der Waals surface area (Å²) in [6.07, 6.45) is 2.10. The number of fused-ring (bicyclic) bond motifs is 1. The first-order valence-corrected chi connectivity index (χ1v) is 6.45. The van der Waals surface area contributed by atoms with Gasteiger partial charge >= 0.3 is 0 Å². The van der Waals surface area contributed by atoms with Gasteiger partial charge in [-0.2, -0.15) is 0 Å². The van der Waals surface area contributed by atoms with E-state index in [4.69, 9.17) is 10.5 Å². The minimum atomic E-state index is 0.340. The van der Waals surface area contributed by atoms with Gasteiger partial charge < -0.3 is 15.5 Å². The Bertz CT molecular complexity index is 522. The lowest BCUT2D eigenvalue weighted by molar-refractivity contribution is -0.00774. The Balaban J connectivity index is 1.82. The van der Waals surface area contributed by atoms with E-state index in [-0.39, 0.29) is 0 Å². The second-order valence-electron chi connectivity index (χ2n) is 4.79. The maximum atomic E-state index is 5.81. The fourth-order valence-corrected chi connectivity index (χ4v) is 2.60. The molecular formula is C14H19N3O. The summed E-state index contributed by atoms with van der Waals surface area (Å²) in [5, 5.41) is 1.31. The zero-order valence-corrected chi connectivity index (χ0v) is 10.4. The molecular weight excluding hydrogens is 226 g/mol. The summed E-state index contributed by atoms with van der Waals surface area (Å²) < 4.78 is 5.48. The Morgan fingerprint density at radius 1 is 1.39 bits per heavy atom. The van der Waals surface area contributed by atoms with Crippen LogP contribution >= 0.6 is 0 Å². The number of morpholine rings is 1. The highest BCUT2D eigenvalue weighted by atomic mass is 16.5. The molecule has 96 valence electrons. The highest BCUT2D eigenvalue weighted by Gasteiger charge is 2.22. The lowest BCUT2D eigenvalue weighted by Gasteiger charge is -2.34. The fourth-order valence-electron chi connectivity index (χ4n) is 2.60. The molecule has 2 heterocycles. The number of ether oxygens (including phenoxy) is 1. The Morgan fingerprint density at radius 2 is 2.28 bits per heavy atom. The topological polar surface area (TPSA) is 54.3 Å². The second kappa shape index (κ2) is 5.10. The summed E-state index contributed by atoms with van der Waals surface area (Å²) in [4.78, 5) is 5.74. The first kappa shape index (κ1) is 11.7. The van der Waals surface area contributed by atoms with E-state index in [0.29, 0.717) is 12.6 Å². The summed E-state index contributed by atoms with van der Waals surface area (Å²) in [5.74, 6) is 0. The number of hydrogen-bond acceptors (Lipinski definition) is 3. The zero-order chi connectivity index (χ0) is 12.4. The molecule has 3 rings (SSSR count). The minimum absolute atomic E-state index is 0.340. The molecule has 1 atom stereocenters. The summed E-state index contributed by atoms with van der Waals surface area (Å²) in [6, 6.07) is 8.75. The quantitative estimate of drug-likeness (QED) is 0.857. The molecule has 0 bridgehead atoms. The van der Waals surface area contributed by atoms with Gasteiger partial charge in [0.15, 0.2) is 0 Å². The predicted octanol–water partition coefficient (Wildman–Crippen LogP) is 1.33. The maximum absolute atomic E-state index is 5.81. The first-order chi connectivity index (χ1) is 8.88. The van der Waals surface area contributed by atoms with Crippen LogP contribution in [0.4, 0.5) is 0 Å². The largest absolute Gasteiger partial charge is 0.378 e. The summed E-state index contributed by atoms with van der Waals surface area (Å²) in [5.41, 5.74) is 8.34. The van der Waals surface area contributed by atoms with E-state index >= 15 is 0 Å². The molecule has 1 saturated heterocycles. The van der Waals surface area contributed by atoms with Crippen LogP contribution in [0.15, 0.2) is 30.5 Å². The van der Waals surface area contributed by atoms with Crippen LogP contribution < -0.4 is 5.73 Å². The van der Waals surface area contributed by atoms with Gasteiger partial charge in [-0.3, -0.25) is 4.90 Å². The monoisotopic (exact) mass is 245 g/mol. The zero-order valence-electron chi connectivity index (χ0n) is 10.4. The highest BCUT2D eigenvalue weighted by Crippen LogP contribution is 2.20. The standard InChI is InChI=1S/C14H19N3O/c15-7-12-10-18-6-5-17(12)9-11-8-16-14-4-2-1-3-13(11)14/h1-4,8,12,16H,5-7,9-10,15H2. The normalized spacial score (nSPS) is 21.5. The third-order valence-electron chi connectivity index (χ3n) is 3.67. The van der Waals surface area contributed by atoms with Crippen molar-refractivity contribution in [1.29, 1.82) is 0 Å². The summed E-state index contributed by atoms with van der Waals surface area (Å²) >= 11 is 0. The highest BCUT2D eigenvalue weighted by molar-refractivity contribution is 5.82. The predicted molar refractivity (Wildman–Crippen MR) is 72.4 cm³/mol. The van der Waals surface area contributed by atoms with Gasteiger partial charge in [-0.1, -0.05) is 18.2 Å². The number of benzene rings is 1.